The first kappa shape index (κ1) is 11.7. The van der Waals surface area contributed by atoms with E-state index in [1.807, 2.05) is 0 Å². The number of hydrogen-bond donors (Lipinski definition) is 2. The number of benzene rings is 1. The van der Waals surface area contributed by atoms with Gasteiger partial charge in [-0.2, -0.15) is 0 Å². The number of methoxy groups -OCH3 is 1. The van der Waals surface area contributed by atoms with Crippen LogP contribution in [0.25, 0.3) is 0 Å². The Morgan fingerprint density at radius 3 is 2.60 bits per heavy atom. The van der Waals surface area contributed by atoms with Crippen LogP contribution in [-0.4, -0.2) is 18.8 Å². The van der Waals surface area contributed by atoms with E-state index < -0.39 is 23.3 Å². The molecular formula is C10H13F2NO2. The maximum Gasteiger partial charge on any atom is 0.166 e. The van der Waals surface area contributed by atoms with Crippen molar-refractivity contribution in [3.63, 3.8) is 0 Å². The number of ether oxygens (including phenoxy) is 1. The van der Waals surface area contributed by atoms with Crippen LogP contribution < -0.4 is 10.5 Å². The molecule has 84 valence electrons. The van der Waals surface area contributed by atoms with Gasteiger partial charge >= 0.3 is 0 Å². The predicted octanol–water partition coefficient (Wildman–Crippen LogP) is 1.74. The molecule has 0 bridgehead atoms. The first-order chi connectivity index (χ1) is 7.02. The van der Waals surface area contributed by atoms with E-state index in [9.17, 15) is 13.9 Å². The molecule has 0 radical (unpaired) electrons. The molecule has 0 saturated heterocycles. The van der Waals surface area contributed by atoms with Crippen LogP contribution in [0.3, 0.4) is 0 Å². The van der Waals surface area contributed by atoms with Crippen molar-refractivity contribution in [2.45, 2.75) is 12.8 Å². The number of phenolic OH excluding ortho intramolecular Hbond substituents is 1. The van der Waals surface area contributed by atoms with E-state index in [2.05, 4.69) is 0 Å². The van der Waals surface area contributed by atoms with Gasteiger partial charge in [-0.15, -0.1) is 0 Å². The molecule has 0 aliphatic heterocycles. The van der Waals surface area contributed by atoms with Crippen LogP contribution in [0.15, 0.2) is 6.07 Å². The highest BCUT2D eigenvalue weighted by atomic mass is 19.2. The summed E-state index contributed by atoms with van der Waals surface area (Å²) in [7, 11) is 1.27. The fourth-order valence-electron chi connectivity index (χ4n) is 1.34. The van der Waals surface area contributed by atoms with E-state index >= 15 is 0 Å². The lowest BCUT2D eigenvalue weighted by Gasteiger charge is -2.15. The minimum absolute atomic E-state index is 0.0933. The molecule has 1 unspecified atom stereocenters. The lowest BCUT2D eigenvalue weighted by molar-refractivity contribution is 0.356. The highest BCUT2D eigenvalue weighted by Gasteiger charge is 2.22. The maximum absolute atomic E-state index is 13.4. The lowest BCUT2D eigenvalue weighted by atomic mass is 9.99. The largest absolute Gasteiger partial charge is 0.504 e. The summed E-state index contributed by atoms with van der Waals surface area (Å²) in [5.41, 5.74) is 5.20. The van der Waals surface area contributed by atoms with Gasteiger partial charge in [0.1, 0.15) is 0 Å². The van der Waals surface area contributed by atoms with Crippen molar-refractivity contribution in [1.29, 1.82) is 0 Å². The second-order valence-corrected chi connectivity index (χ2v) is 3.27. The minimum Gasteiger partial charge on any atom is -0.504 e. The smallest absolute Gasteiger partial charge is 0.166 e. The van der Waals surface area contributed by atoms with E-state index in [1.165, 1.54) is 7.11 Å². The summed E-state index contributed by atoms with van der Waals surface area (Å²) in [6.45, 7) is 1.70. The fraction of sp³-hybridized carbons (Fsp3) is 0.400. The minimum atomic E-state index is -1.08. The Kier molecular flexibility index (Phi) is 3.47. The summed E-state index contributed by atoms with van der Waals surface area (Å²) in [6, 6.07) is 0.803. The average Bonchev–Trinajstić information content (AvgIpc) is 2.23. The SMILES string of the molecule is COc1cc(F)c(F)c(C(C)CN)c1O. The Hall–Kier alpha value is -1.36. The van der Waals surface area contributed by atoms with E-state index in [0.717, 1.165) is 6.07 Å². The number of aromatic hydroxyl groups is 1. The molecule has 0 saturated carbocycles. The molecule has 5 heteroatoms. The zero-order chi connectivity index (χ0) is 11.6. The lowest BCUT2D eigenvalue weighted by Crippen LogP contribution is -2.12. The summed E-state index contributed by atoms with van der Waals surface area (Å²) in [4.78, 5) is 0. The van der Waals surface area contributed by atoms with Crippen LogP contribution in [0.4, 0.5) is 8.78 Å². The maximum atomic E-state index is 13.4. The second-order valence-electron chi connectivity index (χ2n) is 3.27. The molecule has 1 atom stereocenters. The number of rotatable bonds is 3. The van der Waals surface area contributed by atoms with Crippen molar-refractivity contribution in [2.24, 2.45) is 5.73 Å². The molecule has 3 N–H and O–H groups in total. The van der Waals surface area contributed by atoms with Crippen LogP contribution in [0.1, 0.15) is 18.4 Å². The van der Waals surface area contributed by atoms with Gasteiger partial charge < -0.3 is 15.6 Å². The van der Waals surface area contributed by atoms with E-state index in [1.54, 1.807) is 6.92 Å². The summed E-state index contributed by atoms with van der Waals surface area (Å²) < 4.78 is 31.2. The quantitative estimate of drug-likeness (QED) is 0.810. The zero-order valence-corrected chi connectivity index (χ0v) is 8.55. The van der Waals surface area contributed by atoms with Crippen molar-refractivity contribution in [3.8, 4) is 11.5 Å². The van der Waals surface area contributed by atoms with Crippen LogP contribution in [-0.2, 0) is 0 Å². The van der Waals surface area contributed by atoms with E-state index in [0.29, 0.717) is 0 Å². The third-order valence-corrected chi connectivity index (χ3v) is 2.26. The first-order valence-electron chi connectivity index (χ1n) is 4.47. The van der Waals surface area contributed by atoms with Crippen LogP contribution in [0.5, 0.6) is 11.5 Å². The van der Waals surface area contributed by atoms with Crippen LogP contribution in [0, 0.1) is 11.6 Å². The van der Waals surface area contributed by atoms with Gasteiger partial charge in [0.2, 0.25) is 0 Å². The summed E-state index contributed by atoms with van der Waals surface area (Å²) in [5.74, 6) is -3.10. The molecule has 0 amide bonds. The molecule has 0 fully saturated rings. The number of phenols is 1. The fourth-order valence-corrected chi connectivity index (χ4v) is 1.34. The van der Waals surface area contributed by atoms with Crippen molar-refractivity contribution in [2.75, 3.05) is 13.7 Å². The number of halogens is 2. The highest BCUT2D eigenvalue weighted by molar-refractivity contribution is 5.48. The van der Waals surface area contributed by atoms with Gasteiger partial charge in [-0.3, -0.25) is 0 Å². The Morgan fingerprint density at radius 2 is 2.13 bits per heavy atom. The van der Waals surface area contributed by atoms with Crippen molar-refractivity contribution >= 4 is 0 Å². The monoisotopic (exact) mass is 217 g/mol. The molecule has 0 heterocycles. The number of hydrogen-bond acceptors (Lipinski definition) is 3. The summed E-state index contributed by atoms with van der Waals surface area (Å²) in [6.07, 6.45) is 0. The average molecular weight is 217 g/mol. The predicted molar refractivity (Wildman–Crippen MR) is 52.0 cm³/mol. The van der Waals surface area contributed by atoms with Crippen molar-refractivity contribution in [3.05, 3.63) is 23.3 Å². The van der Waals surface area contributed by atoms with Gasteiger partial charge in [0.15, 0.2) is 23.1 Å². The van der Waals surface area contributed by atoms with Crippen molar-refractivity contribution in [1.82, 2.24) is 0 Å². The Balaban J connectivity index is 3.40. The third-order valence-electron chi connectivity index (χ3n) is 2.26. The van der Waals surface area contributed by atoms with Crippen LogP contribution in [0.2, 0.25) is 0 Å². The molecule has 0 spiro atoms. The molecule has 0 aromatic heterocycles. The Morgan fingerprint density at radius 1 is 1.53 bits per heavy atom. The van der Waals surface area contributed by atoms with Gasteiger partial charge in [-0.1, -0.05) is 6.92 Å². The Bertz CT molecular complexity index is 369. The molecule has 0 aliphatic carbocycles. The van der Waals surface area contributed by atoms with Crippen molar-refractivity contribution < 1.29 is 18.6 Å². The normalized spacial score (nSPS) is 12.6. The molecule has 0 aliphatic rings. The third kappa shape index (κ3) is 2.02. The summed E-state index contributed by atoms with van der Waals surface area (Å²) in [5, 5.41) is 9.61. The van der Waals surface area contributed by atoms with Crippen LogP contribution >= 0.6 is 0 Å². The van der Waals surface area contributed by atoms with Gasteiger partial charge in [0.25, 0.3) is 0 Å². The molecule has 1 aromatic rings. The standard InChI is InChI=1S/C10H13F2NO2/c1-5(4-13)8-9(12)6(11)3-7(15-2)10(8)14/h3,5,14H,4,13H2,1-2H3. The van der Waals surface area contributed by atoms with Gasteiger partial charge in [0, 0.05) is 17.5 Å². The molecule has 1 rings (SSSR count). The van der Waals surface area contributed by atoms with Gasteiger partial charge in [-0.25, -0.2) is 8.78 Å². The molecular weight excluding hydrogens is 204 g/mol. The topological polar surface area (TPSA) is 55.5 Å². The van der Waals surface area contributed by atoms with E-state index in [-0.39, 0.29) is 17.9 Å². The molecule has 1 aromatic carbocycles. The first-order valence-corrected chi connectivity index (χ1v) is 4.47. The van der Waals surface area contributed by atoms with E-state index in [4.69, 9.17) is 10.5 Å². The van der Waals surface area contributed by atoms with Gasteiger partial charge in [0.05, 0.1) is 7.11 Å². The molecule has 3 nitrogen and oxygen atoms in total. The van der Waals surface area contributed by atoms with Gasteiger partial charge in [-0.05, 0) is 6.54 Å². The second kappa shape index (κ2) is 4.44. The zero-order valence-electron chi connectivity index (χ0n) is 8.55. The Labute approximate surface area is 86.5 Å². The number of nitrogens with two attached hydrogens (primary N) is 1. The summed E-state index contributed by atoms with van der Waals surface area (Å²) >= 11 is 0. The molecule has 15 heavy (non-hydrogen) atoms. The highest BCUT2D eigenvalue weighted by Crippen LogP contribution is 2.37.